The first kappa shape index (κ1) is 15.9. The van der Waals surface area contributed by atoms with Gasteiger partial charge in [-0.25, -0.2) is 0 Å². The van der Waals surface area contributed by atoms with Crippen LogP contribution in [-0.2, 0) is 0 Å². The van der Waals surface area contributed by atoms with Crippen molar-refractivity contribution in [2.24, 2.45) is 5.92 Å². The van der Waals surface area contributed by atoms with E-state index in [9.17, 15) is 13.2 Å². The largest absolute Gasteiger partial charge is 0.573 e. The van der Waals surface area contributed by atoms with E-state index in [0.717, 1.165) is 31.7 Å². The second kappa shape index (κ2) is 6.56. The summed E-state index contributed by atoms with van der Waals surface area (Å²) in [7, 11) is 0. The van der Waals surface area contributed by atoms with Crippen molar-refractivity contribution in [3.63, 3.8) is 0 Å². The SMILES string of the molecule is CC(C)CC1CN(c2cccc(OC(F)(F)F)c2)CCN1. The van der Waals surface area contributed by atoms with Crippen LogP contribution in [0.1, 0.15) is 20.3 Å². The highest BCUT2D eigenvalue weighted by atomic mass is 19.4. The van der Waals surface area contributed by atoms with Crippen LogP contribution in [-0.4, -0.2) is 32.0 Å². The summed E-state index contributed by atoms with van der Waals surface area (Å²) in [5, 5.41) is 3.45. The molecule has 21 heavy (non-hydrogen) atoms. The van der Waals surface area contributed by atoms with Crippen LogP contribution >= 0.6 is 0 Å². The summed E-state index contributed by atoms with van der Waals surface area (Å²) in [6.45, 7) is 6.75. The van der Waals surface area contributed by atoms with E-state index in [1.165, 1.54) is 12.1 Å². The number of benzene rings is 1. The van der Waals surface area contributed by atoms with E-state index in [1.807, 2.05) is 6.07 Å². The lowest BCUT2D eigenvalue weighted by Crippen LogP contribution is -2.51. The second-order valence-electron chi connectivity index (χ2n) is 5.77. The zero-order chi connectivity index (χ0) is 15.5. The molecule has 1 unspecified atom stereocenters. The van der Waals surface area contributed by atoms with Crippen LogP contribution in [0.4, 0.5) is 18.9 Å². The van der Waals surface area contributed by atoms with E-state index in [4.69, 9.17) is 0 Å². The summed E-state index contributed by atoms with van der Waals surface area (Å²) in [6.07, 6.45) is -3.60. The van der Waals surface area contributed by atoms with Gasteiger partial charge < -0.3 is 15.0 Å². The Balaban J connectivity index is 2.05. The van der Waals surface area contributed by atoms with Gasteiger partial charge in [-0.15, -0.1) is 13.2 Å². The summed E-state index contributed by atoms with van der Waals surface area (Å²) < 4.78 is 40.8. The minimum absolute atomic E-state index is 0.168. The molecule has 1 aliphatic heterocycles. The number of rotatable bonds is 4. The lowest BCUT2D eigenvalue weighted by molar-refractivity contribution is -0.274. The molecule has 0 aliphatic carbocycles. The molecule has 0 amide bonds. The van der Waals surface area contributed by atoms with E-state index >= 15 is 0 Å². The number of piperazine rings is 1. The van der Waals surface area contributed by atoms with Gasteiger partial charge >= 0.3 is 6.36 Å². The number of alkyl halides is 3. The first-order valence-electron chi connectivity index (χ1n) is 7.17. The standard InChI is InChI=1S/C15H21F3N2O/c1-11(2)8-12-10-20(7-6-19-12)13-4-3-5-14(9-13)21-15(16,17)18/h3-5,9,11-12,19H,6-8,10H2,1-2H3. The molecule has 1 heterocycles. The highest BCUT2D eigenvalue weighted by Gasteiger charge is 2.31. The van der Waals surface area contributed by atoms with E-state index in [2.05, 4.69) is 28.8 Å². The molecular weight excluding hydrogens is 281 g/mol. The molecule has 0 radical (unpaired) electrons. The van der Waals surface area contributed by atoms with Crippen molar-refractivity contribution in [2.45, 2.75) is 32.7 Å². The van der Waals surface area contributed by atoms with Crippen LogP contribution in [0, 0.1) is 5.92 Å². The molecule has 0 spiro atoms. The summed E-state index contributed by atoms with van der Waals surface area (Å²) in [4.78, 5) is 2.10. The van der Waals surface area contributed by atoms with Crippen molar-refractivity contribution < 1.29 is 17.9 Å². The maximum atomic E-state index is 12.3. The van der Waals surface area contributed by atoms with Crippen molar-refractivity contribution in [1.29, 1.82) is 0 Å². The lowest BCUT2D eigenvalue weighted by Gasteiger charge is -2.36. The normalized spacial score (nSPS) is 19.9. The molecule has 1 atom stereocenters. The molecule has 1 fully saturated rings. The number of ether oxygens (including phenoxy) is 1. The Morgan fingerprint density at radius 3 is 2.81 bits per heavy atom. The number of hydrogen-bond donors (Lipinski definition) is 1. The third-order valence-electron chi connectivity index (χ3n) is 3.43. The summed E-state index contributed by atoms with van der Waals surface area (Å²) in [6, 6.07) is 6.55. The van der Waals surface area contributed by atoms with Gasteiger partial charge in [0.05, 0.1) is 0 Å². The summed E-state index contributed by atoms with van der Waals surface area (Å²) in [5.74, 6) is 0.418. The van der Waals surface area contributed by atoms with Gasteiger partial charge in [-0.1, -0.05) is 19.9 Å². The Morgan fingerprint density at radius 1 is 1.38 bits per heavy atom. The van der Waals surface area contributed by atoms with Crippen LogP contribution in [0.2, 0.25) is 0 Å². The van der Waals surface area contributed by atoms with Crippen LogP contribution in [0.25, 0.3) is 0 Å². The van der Waals surface area contributed by atoms with Crippen molar-refractivity contribution in [2.75, 3.05) is 24.5 Å². The Labute approximate surface area is 123 Å². The molecule has 1 N–H and O–H groups in total. The molecule has 1 aromatic rings. The number of hydrogen-bond acceptors (Lipinski definition) is 3. The van der Waals surface area contributed by atoms with Crippen LogP contribution in [0.15, 0.2) is 24.3 Å². The number of nitrogens with zero attached hydrogens (tertiary/aromatic N) is 1. The van der Waals surface area contributed by atoms with E-state index in [0.29, 0.717) is 12.0 Å². The molecule has 2 rings (SSSR count). The zero-order valence-corrected chi connectivity index (χ0v) is 12.3. The van der Waals surface area contributed by atoms with Gasteiger partial charge in [0.25, 0.3) is 0 Å². The average Bonchev–Trinajstić information content (AvgIpc) is 2.36. The molecule has 6 heteroatoms. The quantitative estimate of drug-likeness (QED) is 0.922. The number of anilines is 1. The molecule has 1 aromatic carbocycles. The maximum Gasteiger partial charge on any atom is 0.573 e. The molecule has 1 aliphatic rings. The molecule has 0 aromatic heterocycles. The van der Waals surface area contributed by atoms with Gasteiger partial charge in [0, 0.05) is 37.4 Å². The van der Waals surface area contributed by atoms with Crippen LogP contribution in [0.5, 0.6) is 5.75 Å². The van der Waals surface area contributed by atoms with Crippen molar-refractivity contribution in [3.8, 4) is 5.75 Å². The highest BCUT2D eigenvalue weighted by Crippen LogP contribution is 2.27. The third kappa shape index (κ3) is 5.12. The van der Waals surface area contributed by atoms with Gasteiger partial charge in [0.1, 0.15) is 5.75 Å². The highest BCUT2D eigenvalue weighted by molar-refractivity contribution is 5.51. The Kier molecular flexibility index (Phi) is 4.98. The van der Waals surface area contributed by atoms with Crippen LogP contribution in [0.3, 0.4) is 0 Å². The summed E-state index contributed by atoms with van der Waals surface area (Å²) in [5.41, 5.74) is 0.770. The molecular formula is C15H21F3N2O. The fourth-order valence-corrected chi connectivity index (χ4v) is 2.66. The predicted molar refractivity (Wildman–Crippen MR) is 76.6 cm³/mol. The number of halogens is 3. The topological polar surface area (TPSA) is 24.5 Å². The second-order valence-corrected chi connectivity index (χ2v) is 5.77. The summed E-state index contributed by atoms with van der Waals surface area (Å²) >= 11 is 0. The fourth-order valence-electron chi connectivity index (χ4n) is 2.66. The van der Waals surface area contributed by atoms with Gasteiger partial charge in [0.2, 0.25) is 0 Å². The maximum absolute atomic E-state index is 12.3. The van der Waals surface area contributed by atoms with E-state index < -0.39 is 6.36 Å². The van der Waals surface area contributed by atoms with Gasteiger partial charge in [0.15, 0.2) is 0 Å². The third-order valence-corrected chi connectivity index (χ3v) is 3.43. The van der Waals surface area contributed by atoms with Crippen LogP contribution < -0.4 is 15.0 Å². The van der Waals surface area contributed by atoms with Crippen molar-refractivity contribution in [3.05, 3.63) is 24.3 Å². The smallest absolute Gasteiger partial charge is 0.406 e. The molecule has 0 bridgehead atoms. The van der Waals surface area contributed by atoms with Crippen molar-refractivity contribution >= 4 is 5.69 Å². The minimum Gasteiger partial charge on any atom is -0.406 e. The predicted octanol–water partition coefficient (Wildman–Crippen LogP) is 3.41. The van der Waals surface area contributed by atoms with E-state index in [-0.39, 0.29) is 5.75 Å². The first-order chi connectivity index (χ1) is 9.83. The Morgan fingerprint density at radius 2 is 2.14 bits per heavy atom. The molecule has 0 saturated carbocycles. The minimum atomic E-state index is -4.65. The van der Waals surface area contributed by atoms with E-state index in [1.54, 1.807) is 6.07 Å². The Hall–Kier alpha value is -1.43. The first-order valence-corrected chi connectivity index (χ1v) is 7.17. The molecule has 3 nitrogen and oxygen atoms in total. The van der Waals surface area contributed by atoms with Crippen molar-refractivity contribution in [1.82, 2.24) is 5.32 Å². The van der Waals surface area contributed by atoms with Gasteiger partial charge in [-0.2, -0.15) is 0 Å². The molecule has 1 saturated heterocycles. The zero-order valence-electron chi connectivity index (χ0n) is 12.3. The number of nitrogens with one attached hydrogen (secondary N) is 1. The average molecular weight is 302 g/mol. The van der Waals surface area contributed by atoms with Gasteiger partial charge in [-0.05, 0) is 24.5 Å². The lowest BCUT2D eigenvalue weighted by atomic mass is 10.0. The van der Waals surface area contributed by atoms with Gasteiger partial charge in [-0.3, -0.25) is 0 Å². The Bertz CT molecular complexity index is 462. The fraction of sp³-hybridized carbons (Fsp3) is 0.600. The monoisotopic (exact) mass is 302 g/mol. The molecule has 118 valence electrons.